The molecule has 5 rings (SSSR count). The average Bonchev–Trinajstić information content (AvgIpc) is 3.32. The van der Waals surface area contributed by atoms with Crippen molar-refractivity contribution in [2.24, 2.45) is 0 Å². The molecule has 2 aromatic heterocycles. The minimum Gasteiger partial charge on any atom is -0.351 e. The summed E-state index contributed by atoms with van der Waals surface area (Å²) in [6.45, 7) is 5.29. The number of halogens is 3. The number of pyridine rings is 1. The number of carbonyl (C=O) groups is 1. The number of nitrogens with zero attached hydrogens (tertiary/aromatic N) is 4. The number of anilines is 2. The van der Waals surface area contributed by atoms with Gasteiger partial charge in [0.2, 0.25) is 5.95 Å². The smallest absolute Gasteiger partial charge is 0.351 e. The second-order valence-corrected chi connectivity index (χ2v) is 8.75. The molecule has 37 heavy (non-hydrogen) atoms. The van der Waals surface area contributed by atoms with Crippen molar-refractivity contribution in [3.63, 3.8) is 0 Å². The van der Waals surface area contributed by atoms with Crippen molar-refractivity contribution in [2.45, 2.75) is 6.18 Å². The van der Waals surface area contributed by atoms with Crippen molar-refractivity contribution >= 4 is 23.2 Å². The van der Waals surface area contributed by atoms with Crippen LogP contribution in [0.2, 0.25) is 0 Å². The lowest BCUT2D eigenvalue weighted by Crippen LogP contribution is -2.46. The molecule has 0 unspecified atom stereocenters. The predicted molar refractivity (Wildman–Crippen MR) is 135 cm³/mol. The highest BCUT2D eigenvalue weighted by molar-refractivity contribution is 5.94. The first-order chi connectivity index (χ1) is 17.9. The molecule has 0 bridgehead atoms. The molecule has 0 aliphatic carbocycles. The Labute approximate surface area is 211 Å². The average molecular weight is 510 g/mol. The Hall–Kier alpha value is -3.96. The van der Waals surface area contributed by atoms with E-state index in [1.165, 1.54) is 10.6 Å². The molecule has 11 heteroatoms. The number of fused-ring (bicyclic) bond motifs is 1. The SMILES string of the molecule is O=C(NCCN1CCNCC1)c1ccc(Nc2nc3c(-c4cccc(C(F)(F)F)c4)cccn3n2)cc1. The van der Waals surface area contributed by atoms with E-state index in [0.29, 0.717) is 34.6 Å². The van der Waals surface area contributed by atoms with Crippen LogP contribution in [0.1, 0.15) is 15.9 Å². The molecular weight excluding hydrogens is 483 g/mol. The summed E-state index contributed by atoms with van der Waals surface area (Å²) in [4.78, 5) is 19.3. The normalized spacial score (nSPS) is 14.6. The first-order valence-corrected chi connectivity index (χ1v) is 12.0. The van der Waals surface area contributed by atoms with Gasteiger partial charge in [-0.2, -0.15) is 18.2 Å². The van der Waals surface area contributed by atoms with Crippen LogP contribution >= 0.6 is 0 Å². The number of carbonyl (C=O) groups excluding carboxylic acids is 1. The number of aromatic nitrogens is 3. The van der Waals surface area contributed by atoms with Gasteiger partial charge >= 0.3 is 6.18 Å². The lowest BCUT2D eigenvalue weighted by atomic mass is 10.0. The van der Waals surface area contributed by atoms with Crippen LogP contribution in [0.25, 0.3) is 16.8 Å². The molecule has 0 spiro atoms. The van der Waals surface area contributed by atoms with E-state index in [1.54, 1.807) is 48.7 Å². The van der Waals surface area contributed by atoms with Gasteiger partial charge in [0.15, 0.2) is 5.65 Å². The summed E-state index contributed by atoms with van der Waals surface area (Å²) in [6, 6.07) is 15.5. The van der Waals surface area contributed by atoms with Crippen molar-refractivity contribution in [2.75, 3.05) is 44.6 Å². The summed E-state index contributed by atoms with van der Waals surface area (Å²) in [7, 11) is 0. The standard InChI is InChI=1S/C26H26F3N7O/c27-26(28,29)20-4-1-3-19(17-20)22-5-2-13-36-23(22)33-25(34-36)32-21-8-6-18(7-9-21)24(37)31-12-16-35-14-10-30-11-15-35/h1-9,13,17,30H,10-12,14-16H2,(H,31,37)(H,32,34). The summed E-state index contributed by atoms with van der Waals surface area (Å²) in [5, 5.41) is 13.7. The Bertz CT molecular complexity index is 1380. The van der Waals surface area contributed by atoms with Crippen LogP contribution in [0.4, 0.5) is 24.8 Å². The summed E-state index contributed by atoms with van der Waals surface area (Å²) in [5.41, 5.74) is 1.84. The van der Waals surface area contributed by atoms with Gasteiger partial charge in [-0.1, -0.05) is 12.1 Å². The molecule has 0 radical (unpaired) electrons. The first kappa shape index (κ1) is 24.7. The molecule has 3 heterocycles. The monoisotopic (exact) mass is 509 g/mol. The number of rotatable bonds is 7. The Balaban J connectivity index is 1.26. The van der Waals surface area contributed by atoms with Crippen molar-refractivity contribution in [1.82, 2.24) is 30.1 Å². The first-order valence-electron chi connectivity index (χ1n) is 12.0. The highest BCUT2D eigenvalue weighted by atomic mass is 19.4. The van der Waals surface area contributed by atoms with Crippen LogP contribution in [0.15, 0.2) is 66.9 Å². The van der Waals surface area contributed by atoms with E-state index < -0.39 is 11.7 Å². The molecule has 1 aliphatic rings. The van der Waals surface area contributed by atoms with Crippen LogP contribution in [0.3, 0.4) is 0 Å². The fourth-order valence-electron chi connectivity index (χ4n) is 4.25. The number of benzene rings is 2. The van der Waals surface area contributed by atoms with Crippen LogP contribution in [-0.4, -0.2) is 64.7 Å². The number of nitrogens with one attached hydrogen (secondary N) is 3. The maximum Gasteiger partial charge on any atom is 0.416 e. The molecule has 192 valence electrons. The van der Waals surface area contributed by atoms with Crippen molar-refractivity contribution in [1.29, 1.82) is 0 Å². The molecule has 1 saturated heterocycles. The van der Waals surface area contributed by atoms with Crippen LogP contribution in [-0.2, 0) is 6.18 Å². The van der Waals surface area contributed by atoms with E-state index in [4.69, 9.17) is 0 Å². The Morgan fingerprint density at radius 1 is 1.03 bits per heavy atom. The fourth-order valence-corrected chi connectivity index (χ4v) is 4.25. The molecular formula is C26H26F3N7O. The molecule has 1 amide bonds. The van der Waals surface area contributed by atoms with E-state index in [2.05, 4.69) is 30.9 Å². The van der Waals surface area contributed by atoms with E-state index in [-0.39, 0.29) is 11.9 Å². The third kappa shape index (κ3) is 5.89. The molecule has 1 aliphatic heterocycles. The Kier molecular flexibility index (Phi) is 7.06. The predicted octanol–water partition coefficient (Wildman–Crippen LogP) is 3.79. The van der Waals surface area contributed by atoms with Crippen LogP contribution in [0.5, 0.6) is 0 Å². The summed E-state index contributed by atoms with van der Waals surface area (Å²) < 4.78 is 41.1. The zero-order valence-electron chi connectivity index (χ0n) is 19.9. The Morgan fingerprint density at radius 2 is 1.81 bits per heavy atom. The lowest BCUT2D eigenvalue weighted by molar-refractivity contribution is -0.137. The minimum absolute atomic E-state index is 0.140. The van der Waals surface area contributed by atoms with Gasteiger partial charge in [0, 0.05) is 62.3 Å². The van der Waals surface area contributed by atoms with Gasteiger partial charge in [-0.3, -0.25) is 9.69 Å². The van der Waals surface area contributed by atoms with Gasteiger partial charge in [-0.05, 0) is 54.1 Å². The molecule has 3 N–H and O–H groups in total. The second-order valence-electron chi connectivity index (χ2n) is 8.75. The van der Waals surface area contributed by atoms with E-state index in [1.807, 2.05) is 0 Å². The second kappa shape index (κ2) is 10.6. The molecule has 0 saturated carbocycles. The van der Waals surface area contributed by atoms with Crippen LogP contribution in [0, 0.1) is 0 Å². The van der Waals surface area contributed by atoms with Crippen LogP contribution < -0.4 is 16.0 Å². The summed E-state index contributed by atoms with van der Waals surface area (Å²) in [5.74, 6) is 0.144. The maximum absolute atomic E-state index is 13.2. The number of amides is 1. The zero-order valence-corrected chi connectivity index (χ0v) is 19.9. The number of piperazine rings is 1. The van der Waals surface area contributed by atoms with Gasteiger partial charge in [0.1, 0.15) is 0 Å². The summed E-state index contributed by atoms with van der Waals surface area (Å²) in [6.07, 6.45) is -2.76. The zero-order chi connectivity index (χ0) is 25.8. The largest absolute Gasteiger partial charge is 0.416 e. The molecule has 0 atom stereocenters. The number of hydrogen-bond acceptors (Lipinski definition) is 6. The topological polar surface area (TPSA) is 86.6 Å². The highest BCUT2D eigenvalue weighted by Gasteiger charge is 2.30. The third-order valence-electron chi connectivity index (χ3n) is 6.19. The van der Waals surface area contributed by atoms with Gasteiger partial charge in [0.25, 0.3) is 5.91 Å². The van der Waals surface area contributed by atoms with Crippen molar-refractivity contribution in [3.8, 4) is 11.1 Å². The van der Waals surface area contributed by atoms with Crippen molar-refractivity contribution in [3.05, 3.63) is 78.0 Å². The Morgan fingerprint density at radius 3 is 2.57 bits per heavy atom. The molecule has 1 fully saturated rings. The maximum atomic E-state index is 13.2. The fraction of sp³-hybridized carbons (Fsp3) is 0.269. The lowest BCUT2D eigenvalue weighted by Gasteiger charge is -2.27. The molecule has 8 nitrogen and oxygen atoms in total. The third-order valence-corrected chi connectivity index (χ3v) is 6.19. The van der Waals surface area contributed by atoms with Gasteiger partial charge in [0.05, 0.1) is 5.56 Å². The van der Waals surface area contributed by atoms with Gasteiger partial charge < -0.3 is 16.0 Å². The van der Waals surface area contributed by atoms with Gasteiger partial charge in [-0.15, -0.1) is 5.10 Å². The quantitative estimate of drug-likeness (QED) is 0.352. The van der Waals surface area contributed by atoms with E-state index in [0.717, 1.165) is 44.9 Å². The minimum atomic E-state index is -4.43. The van der Waals surface area contributed by atoms with E-state index in [9.17, 15) is 18.0 Å². The van der Waals surface area contributed by atoms with E-state index >= 15 is 0 Å². The van der Waals surface area contributed by atoms with Gasteiger partial charge in [-0.25, -0.2) is 4.52 Å². The number of alkyl halides is 3. The number of hydrogen-bond donors (Lipinski definition) is 3. The van der Waals surface area contributed by atoms with Crippen molar-refractivity contribution < 1.29 is 18.0 Å². The summed E-state index contributed by atoms with van der Waals surface area (Å²) >= 11 is 0. The highest BCUT2D eigenvalue weighted by Crippen LogP contribution is 2.33. The molecule has 2 aromatic carbocycles. The molecule has 4 aromatic rings.